The predicted octanol–water partition coefficient (Wildman–Crippen LogP) is 3.33. The van der Waals surface area contributed by atoms with Gasteiger partial charge >= 0.3 is 0 Å². The Morgan fingerprint density at radius 3 is 2.48 bits per heavy atom. The molecule has 4 rings (SSSR count). The first-order valence-electron chi connectivity index (χ1n) is 8.91. The quantitative estimate of drug-likeness (QED) is 0.688. The lowest BCUT2D eigenvalue weighted by Crippen LogP contribution is -2.17. The van der Waals surface area contributed by atoms with Crippen molar-refractivity contribution in [3.05, 3.63) is 48.3 Å². The van der Waals surface area contributed by atoms with E-state index in [0.29, 0.717) is 16.6 Å². The van der Waals surface area contributed by atoms with E-state index in [1.165, 1.54) is 11.9 Å². The molecule has 0 bridgehead atoms. The highest BCUT2D eigenvalue weighted by molar-refractivity contribution is 7.90. The van der Waals surface area contributed by atoms with Crippen LogP contribution in [0.5, 0.6) is 5.75 Å². The van der Waals surface area contributed by atoms with Crippen molar-refractivity contribution < 1.29 is 17.9 Å². The standard InChI is InChI=1S/C20H22N2O4S/c1-25-17-11-15-12-19(14-7-9-26-10-8-14)22(20(15)21-13-17)16-3-5-18(6-4-16)27(2,23)24/h3-6,11-14H,7-10H2,1-2H3. The van der Waals surface area contributed by atoms with Crippen LogP contribution in [0.1, 0.15) is 24.5 Å². The number of benzene rings is 1. The Hall–Kier alpha value is -2.38. The molecular formula is C20H22N2O4S. The van der Waals surface area contributed by atoms with Gasteiger partial charge in [-0.05, 0) is 49.2 Å². The van der Waals surface area contributed by atoms with Gasteiger partial charge in [0.25, 0.3) is 0 Å². The molecule has 3 heterocycles. The smallest absolute Gasteiger partial charge is 0.175 e. The molecule has 0 aliphatic carbocycles. The Bertz CT molecular complexity index is 1070. The van der Waals surface area contributed by atoms with E-state index in [4.69, 9.17) is 9.47 Å². The van der Waals surface area contributed by atoms with Gasteiger partial charge in [0.1, 0.15) is 11.4 Å². The maximum atomic E-state index is 11.8. The van der Waals surface area contributed by atoms with Crippen LogP contribution in [0, 0.1) is 0 Å². The van der Waals surface area contributed by atoms with Crippen LogP contribution in [-0.4, -0.2) is 44.5 Å². The predicted molar refractivity (Wildman–Crippen MR) is 104 cm³/mol. The molecule has 1 fully saturated rings. The molecule has 1 aliphatic heterocycles. The fraction of sp³-hybridized carbons (Fsp3) is 0.350. The summed E-state index contributed by atoms with van der Waals surface area (Å²) in [5.41, 5.74) is 2.90. The van der Waals surface area contributed by atoms with Crippen LogP contribution in [0.15, 0.2) is 47.5 Å². The van der Waals surface area contributed by atoms with Gasteiger partial charge in [0.05, 0.1) is 18.2 Å². The monoisotopic (exact) mass is 386 g/mol. The minimum absolute atomic E-state index is 0.310. The average Bonchev–Trinajstić information content (AvgIpc) is 3.06. The molecule has 27 heavy (non-hydrogen) atoms. The van der Waals surface area contributed by atoms with Crippen LogP contribution in [0.2, 0.25) is 0 Å². The molecule has 7 heteroatoms. The summed E-state index contributed by atoms with van der Waals surface area (Å²) in [7, 11) is -1.60. The van der Waals surface area contributed by atoms with Gasteiger partial charge in [-0.25, -0.2) is 13.4 Å². The van der Waals surface area contributed by atoms with E-state index in [0.717, 1.165) is 42.8 Å². The Morgan fingerprint density at radius 1 is 1.15 bits per heavy atom. The van der Waals surface area contributed by atoms with E-state index in [-0.39, 0.29) is 0 Å². The Balaban J connectivity index is 1.88. The molecule has 0 saturated carbocycles. The van der Waals surface area contributed by atoms with Crippen LogP contribution >= 0.6 is 0 Å². The zero-order valence-electron chi connectivity index (χ0n) is 15.4. The highest BCUT2D eigenvalue weighted by Crippen LogP contribution is 2.34. The van der Waals surface area contributed by atoms with Crippen molar-refractivity contribution in [2.75, 3.05) is 26.6 Å². The largest absolute Gasteiger partial charge is 0.495 e. The van der Waals surface area contributed by atoms with Crippen molar-refractivity contribution in [1.82, 2.24) is 9.55 Å². The number of fused-ring (bicyclic) bond motifs is 1. The molecule has 1 saturated heterocycles. The number of ether oxygens (including phenoxy) is 2. The van der Waals surface area contributed by atoms with E-state index in [1.807, 2.05) is 18.2 Å². The zero-order valence-corrected chi connectivity index (χ0v) is 16.2. The second kappa shape index (κ2) is 6.98. The highest BCUT2D eigenvalue weighted by Gasteiger charge is 2.23. The fourth-order valence-electron chi connectivity index (χ4n) is 3.61. The van der Waals surface area contributed by atoms with Gasteiger partial charge < -0.3 is 9.47 Å². The summed E-state index contributed by atoms with van der Waals surface area (Å²) >= 11 is 0. The van der Waals surface area contributed by atoms with Crippen molar-refractivity contribution in [1.29, 1.82) is 0 Å². The minimum atomic E-state index is -3.23. The van der Waals surface area contributed by atoms with E-state index >= 15 is 0 Å². The molecule has 3 aromatic rings. The Labute approximate surface area is 158 Å². The van der Waals surface area contributed by atoms with Gasteiger partial charge in [0.2, 0.25) is 0 Å². The van der Waals surface area contributed by atoms with Crippen LogP contribution in [0.4, 0.5) is 0 Å². The van der Waals surface area contributed by atoms with Crippen molar-refractivity contribution >= 4 is 20.9 Å². The third-order valence-corrected chi connectivity index (χ3v) is 6.17. The second-order valence-electron chi connectivity index (χ2n) is 6.85. The van der Waals surface area contributed by atoms with E-state index in [1.54, 1.807) is 25.4 Å². The number of hydrogen-bond donors (Lipinski definition) is 0. The molecule has 2 aromatic heterocycles. The third kappa shape index (κ3) is 3.44. The summed E-state index contributed by atoms with van der Waals surface area (Å²) in [5, 5.41) is 1.00. The molecule has 0 N–H and O–H groups in total. The Morgan fingerprint density at radius 2 is 1.85 bits per heavy atom. The molecule has 0 amide bonds. The molecule has 1 aromatic carbocycles. The van der Waals surface area contributed by atoms with E-state index in [2.05, 4.69) is 15.6 Å². The SMILES string of the molecule is COc1cnc2c(c1)cc(C1CCOCC1)n2-c1ccc(S(C)(=O)=O)cc1. The minimum Gasteiger partial charge on any atom is -0.495 e. The highest BCUT2D eigenvalue weighted by atomic mass is 32.2. The zero-order chi connectivity index (χ0) is 19.0. The van der Waals surface area contributed by atoms with Crippen LogP contribution in [0.25, 0.3) is 16.7 Å². The summed E-state index contributed by atoms with van der Waals surface area (Å²) in [6.07, 6.45) is 4.83. The van der Waals surface area contributed by atoms with Crippen LogP contribution in [0.3, 0.4) is 0 Å². The fourth-order valence-corrected chi connectivity index (χ4v) is 4.24. The summed E-state index contributed by atoms with van der Waals surface area (Å²) in [6.45, 7) is 1.49. The van der Waals surface area contributed by atoms with Gasteiger partial charge in [-0.15, -0.1) is 0 Å². The topological polar surface area (TPSA) is 70.4 Å². The van der Waals surface area contributed by atoms with Crippen molar-refractivity contribution in [2.24, 2.45) is 0 Å². The molecule has 1 aliphatic rings. The second-order valence-corrected chi connectivity index (χ2v) is 8.86. The van der Waals surface area contributed by atoms with E-state index < -0.39 is 9.84 Å². The van der Waals surface area contributed by atoms with Gasteiger partial charge in [-0.1, -0.05) is 0 Å². The van der Waals surface area contributed by atoms with Crippen LogP contribution < -0.4 is 4.74 Å². The third-order valence-electron chi connectivity index (χ3n) is 5.04. The lowest BCUT2D eigenvalue weighted by Gasteiger charge is -2.24. The number of nitrogens with zero attached hydrogens (tertiary/aromatic N) is 2. The average molecular weight is 386 g/mol. The van der Waals surface area contributed by atoms with Crippen molar-refractivity contribution in [3.8, 4) is 11.4 Å². The van der Waals surface area contributed by atoms with Gasteiger partial charge in [0.15, 0.2) is 9.84 Å². The summed E-state index contributed by atoms with van der Waals surface area (Å²) < 4.78 is 36.5. The first-order valence-corrected chi connectivity index (χ1v) is 10.8. The first kappa shape index (κ1) is 18.0. The lowest BCUT2D eigenvalue weighted by atomic mass is 9.96. The Kier molecular flexibility index (Phi) is 4.65. The molecule has 142 valence electrons. The molecule has 0 atom stereocenters. The van der Waals surface area contributed by atoms with Crippen LogP contribution in [-0.2, 0) is 14.6 Å². The van der Waals surface area contributed by atoms with Crippen molar-refractivity contribution in [2.45, 2.75) is 23.7 Å². The normalized spacial score (nSPS) is 15.9. The maximum absolute atomic E-state index is 11.8. The molecule has 0 radical (unpaired) electrons. The number of pyridine rings is 1. The molecule has 0 unspecified atom stereocenters. The van der Waals surface area contributed by atoms with Crippen molar-refractivity contribution in [3.63, 3.8) is 0 Å². The number of aromatic nitrogens is 2. The molecular weight excluding hydrogens is 364 g/mol. The summed E-state index contributed by atoms with van der Waals surface area (Å²) in [5.74, 6) is 1.08. The van der Waals surface area contributed by atoms with E-state index in [9.17, 15) is 8.42 Å². The number of methoxy groups -OCH3 is 1. The lowest BCUT2D eigenvalue weighted by molar-refractivity contribution is 0.0842. The molecule has 0 spiro atoms. The van der Waals surface area contributed by atoms with Gasteiger partial charge in [0, 0.05) is 42.2 Å². The van der Waals surface area contributed by atoms with Gasteiger partial charge in [-0.2, -0.15) is 0 Å². The number of hydrogen-bond acceptors (Lipinski definition) is 5. The first-order chi connectivity index (χ1) is 13.0. The number of rotatable bonds is 4. The maximum Gasteiger partial charge on any atom is 0.175 e. The van der Waals surface area contributed by atoms with Gasteiger partial charge in [-0.3, -0.25) is 4.57 Å². The summed E-state index contributed by atoms with van der Waals surface area (Å²) in [6, 6.07) is 11.1. The summed E-state index contributed by atoms with van der Waals surface area (Å²) in [4.78, 5) is 4.91. The number of sulfone groups is 1. The molecule has 6 nitrogen and oxygen atoms in total.